The first-order valence-electron chi connectivity index (χ1n) is 9.47. The first kappa shape index (κ1) is 20.3. The van der Waals surface area contributed by atoms with E-state index in [4.69, 9.17) is 9.72 Å². The molecule has 1 aromatic heterocycles. The van der Waals surface area contributed by atoms with E-state index >= 15 is 0 Å². The molecule has 1 aliphatic rings. The van der Waals surface area contributed by atoms with Gasteiger partial charge in [0.1, 0.15) is 5.82 Å². The molecule has 0 aliphatic carbocycles. The smallest absolute Gasteiger partial charge is 0.260 e. The van der Waals surface area contributed by atoms with Gasteiger partial charge in [-0.1, -0.05) is 17.4 Å². The Bertz CT molecular complexity index is 987. The maximum Gasteiger partial charge on any atom is 0.260 e. The Morgan fingerprint density at radius 3 is 2.72 bits per heavy atom. The number of carbonyl (C=O) groups excluding carboxylic acids is 1. The molecular weight excluding hydrogens is 409 g/mol. The molecule has 2 aromatic carbocycles. The first-order valence-corrected chi connectivity index (χ1v) is 11.5. The van der Waals surface area contributed by atoms with Crippen LogP contribution >= 0.6 is 23.1 Å². The zero-order valence-electron chi connectivity index (χ0n) is 16.1. The van der Waals surface area contributed by atoms with E-state index in [1.54, 1.807) is 16.7 Å². The van der Waals surface area contributed by atoms with E-state index in [9.17, 15) is 9.18 Å². The van der Waals surface area contributed by atoms with E-state index in [-0.39, 0.29) is 11.7 Å². The lowest BCUT2D eigenvalue weighted by Gasteiger charge is -2.29. The van der Waals surface area contributed by atoms with Gasteiger partial charge in [-0.2, -0.15) is 0 Å². The van der Waals surface area contributed by atoms with E-state index in [0.717, 1.165) is 34.7 Å². The van der Waals surface area contributed by atoms with E-state index in [1.807, 2.05) is 24.5 Å². The van der Waals surface area contributed by atoms with Crippen LogP contribution in [-0.2, 0) is 4.74 Å². The van der Waals surface area contributed by atoms with Crippen LogP contribution in [0.1, 0.15) is 10.4 Å². The number of thioether (sulfide) groups is 1. The molecule has 0 saturated carbocycles. The summed E-state index contributed by atoms with van der Waals surface area (Å²) in [5.41, 5.74) is 1.38. The van der Waals surface area contributed by atoms with Crippen molar-refractivity contribution in [2.24, 2.45) is 0 Å². The lowest BCUT2D eigenvalue weighted by Crippen LogP contribution is -2.43. The van der Waals surface area contributed by atoms with Crippen LogP contribution in [0.2, 0.25) is 0 Å². The molecule has 0 N–H and O–H groups in total. The van der Waals surface area contributed by atoms with Crippen LogP contribution < -0.4 is 4.90 Å². The van der Waals surface area contributed by atoms with Crippen molar-refractivity contribution >= 4 is 44.4 Å². The number of hydrogen-bond donors (Lipinski definition) is 0. The monoisotopic (exact) mass is 431 g/mol. The van der Waals surface area contributed by atoms with Gasteiger partial charge in [-0.15, -0.1) is 11.8 Å². The molecule has 29 heavy (non-hydrogen) atoms. The molecule has 8 heteroatoms. The minimum Gasteiger partial charge on any atom is -0.379 e. The van der Waals surface area contributed by atoms with E-state index < -0.39 is 0 Å². The fraction of sp³-hybridized carbons (Fsp3) is 0.333. The highest BCUT2D eigenvalue weighted by Gasteiger charge is 2.23. The Balaban J connectivity index is 1.65. The van der Waals surface area contributed by atoms with Crippen LogP contribution in [0.25, 0.3) is 10.2 Å². The molecule has 1 amide bonds. The molecule has 1 saturated heterocycles. The summed E-state index contributed by atoms with van der Waals surface area (Å²) in [5.74, 6) is -0.519. The highest BCUT2D eigenvalue weighted by atomic mass is 32.2. The number of fused-ring (bicyclic) bond motifs is 1. The second-order valence-corrected chi connectivity index (χ2v) is 8.58. The molecule has 0 bridgehead atoms. The number of benzene rings is 2. The van der Waals surface area contributed by atoms with Crippen molar-refractivity contribution in [3.63, 3.8) is 0 Å². The van der Waals surface area contributed by atoms with E-state index in [0.29, 0.717) is 30.5 Å². The second-order valence-electron chi connectivity index (χ2n) is 6.72. The van der Waals surface area contributed by atoms with Gasteiger partial charge in [0.05, 0.1) is 23.4 Å². The number of carbonyl (C=O) groups is 1. The summed E-state index contributed by atoms with van der Waals surface area (Å²) in [6, 6.07) is 11.8. The third-order valence-corrected chi connectivity index (χ3v) is 6.71. The molecule has 152 valence electrons. The van der Waals surface area contributed by atoms with Crippen LogP contribution in [0.15, 0.2) is 47.4 Å². The number of aromatic nitrogens is 1. The van der Waals surface area contributed by atoms with Crippen LogP contribution in [-0.4, -0.2) is 61.4 Å². The fourth-order valence-corrected chi connectivity index (χ4v) is 4.94. The maximum atomic E-state index is 13.3. The number of para-hydroxylation sites is 1. The fourth-order valence-electron chi connectivity index (χ4n) is 3.29. The Hall–Kier alpha value is -2.00. The predicted molar refractivity (Wildman–Crippen MR) is 117 cm³/mol. The lowest BCUT2D eigenvalue weighted by atomic mass is 10.2. The Kier molecular flexibility index (Phi) is 6.44. The molecule has 2 heterocycles. The summed E-state index contributed by atoms with van der Waals surface area (Å²) in [7, 11) is 0. The lowest BCUT2D eigenvalue weighted by molar-refractivity contribution is 0.0391. The number of morpholine rings is 1. The van der Waals surface area contributed by atoms with Crippen molar-refractivity contribution in [3.8, 4) is 0 Å². The standard InChI is InChI=1S/C21H22FN3O2S2/c1-28-17-3-2-4-18-19(17)23-21(29-18)25(10-9-24-11-13-27-14-12-24)20(26)15-5-7-16(22)8-6-15/h2-8H,9-14H2,1H3. The minimum atomic E-state index is -0.356. The van der Waals surface area contributed by atoms with Gasteiger partial charge in [0.15, 0.2) is 5.13 Å². The van der Waals surface area contributed by atoms with Gasteiger partial charge in [0.2, 0.25) is 0 Å². The number of anilines is 1. The zero-order valence-corrected chi connectivity index (χ0v) is 17.8. The van der Waals surface area contributed by atoms with Crippen LogP contribution in [0.5, 0.6) is 0 Å². The summed E-state index contributed by atoms with van der Waals surface area (Å²) in [6.45, 7) is 4.39. The zero-order chi connectivity index (χ0) is 20.2. The number of thiazole rings is 1. The van der Waals surface area contributed by atoms with Crippen LogP contribution in [0, 0.1) is 5.82 Å². The number of amides is 1. The Morgan fingerprint density at radius 1 is 1.24 bits per heavy atom. The van der Waals surface area contributed by atoms with Crippen molar-refractivity contribution in [2.45, 2.75) is 4.90 Å². The molecule has 0 atom stereocenters. The van der Waals surface area contributed by atoms with Gasteiger partial charge < -0.3 is 4.74 Å². The molecular formula is C21H22FN3O2S2. The number of halogens is 1. The quantitative estimate of drug-likeness (QED) is 0.549. The van der Waals surface area contributed by atoms with Gasteiger partial charge in [-0.3, -0.25) is 14.6 Å². The maximum absolute atomic E-state index is 13.3. The summed E-state index contributed by atoms with van der Waals surface area (Å²) >= 11 is 3.15. The summed E-state index contributed by atoms with van der Waals surface area (Å²) in [4.78, 5) is 23.2. The Labute approximate surface area is 177 Å². The van der Waals surface area contributed by atoms with Crippen molar-refractivity contribution in [1.29, 1.82) is 0 Å². The Morgan fingerprint density at radius 2 is 2.00 bits per heavy atom. The van der Waals surface area contributed by atoms with Crippen LogP contribution in [0.4, 0.5) is 9.52 Å². The van der Waals surface area contributed by atoms with Crippen molar-refractivity contribution in [2.75, 3.05) is 50.5 Å². The van der Waals surface area contributed by atoms with Gasteiger partial charge in [-0.05, 0) is 42.7 Å². The van der Waals surface area contributed by atoms with Gasteiger partial charge in [-0.25, -0.2) is 9.37 Å². The molecule has 4 rings (SSSR count). The van der Waals surface area contributed by atoms with Crippen molar-refractivity contribution in [3.05, 3.63) is 53.8 Å². The molecule has 3 aromatic rings. The van der Waals surface area contributed by atoms with Crippen molar-refractivity contribution < 1.29 is 13.9 Å². The van der Waals surface area contributed by atoms with E-state index in [1.165, 1.54) is 35.6 Å². The summed E-state index contributed by atoms with van der Waals surface area (Å²) in [6.07, 6.45) is 2.02. The molecule has 0 spiro atoms. The first-order chi connectivity index (χ1) is 14.2. The minimum absolute atomic E-state index is 0.164. The van der Waals surface area contributed by atoms with Crippen LogP contribution in [0.3, 0.4) is 0 Å². The van der Waals surface area contributed by atoms with Gasteiger partial charge in [0.25, 0.3) is 5.91 Å². The normalized spacial score (nSPS) is 15.0. The average molecular weight is 432 g/mol. The van der Waals surface area contributed by atoms with Gasteiger partial charge in [0, 0.05) is 36.6 Å². The number of rotatable bonds is 6. The SMILES string of the molecule is CSc1cccc2sc(N(CCN3CCOCC3)C(=O)c3ccc(F)cc3)nc12. The number of ether oxygens (including phenoxy) is 1. The summed E-state index contributed by atoms with van der Waals surface area (Å²) in [5, 5.41) is 0.670. The second kappa shape index (κ2) is 9.21. The molecule has 1 aliphatic heterocycles. The highest BCUT2D eigenvalue weighted by Crippen LogP contribution is 2.34. The third-order valence-electron chi connectivity index (χ3n) is 4.90. The van der Waals surface area contributed by atoms with E-state index in [2.05, 4.69) is 4.90 Å². The summed E-state index contributed by atoms with van der Waals surface area (Å²) < 4.78 is 19.8. The molecule has 0 radical (unpaired) electrons. The predicted octanol–water partition coefficient (Wildman–Crippen LogP) is 4.14. The molecule has 0 unspecified atom stereocenters. The molecule has 1 fully saturated rings. The third kappa shape index (κ3) is 4.61. The topological polar surface area (TPSA) is 45.7 Å². The van der Waals surface area contributed by atoms with Gasteiger partial charge >= 0.3 is 0 Å². The highest BCUT2D eigenvalue weighted by molar-refractivity contribution is 7.98. The number of nitrogens with zero attached hydrogens (tertiary/aromatic N) is 3. The largest absolute Gasteiger partial charge is 0.379 e. The van der Waals surface area contributed by atoms with Crippen molar-refractivity contribution in [1.82, 2.24) is 9.88 Å². The number of hydrogen-bond acceptors (Lipinski definition) is 6. The average Bonchev–Trinajstić information content (AvgIpc) is 3.19. The molecule has 5 nitrogen and oxygen atoms in total.